The van der Waals surface area contributed by atoms with Gasteiger partial charge in [0.1, 0.15) is 5.01 Å². The zero-order valence-electron chi connectivity index (χ0n) is 7.40. The summed E-state index contributed by atoms with van der Waals surface area (Å²) in [4.78, 5) is 4.42. The summed E-state index contributed by atoms with van der Waals surface area (Å²) >= 11 is 3.90. The summed E-state index contributed by atoms with van der Waals surface area (Å²) in [6, 6.07) is 8.32. The Morgan fingerprint density at radius 1 is 1.29 bits per heavy atom. The molecule has 0 aliphatic rings. The van der Waals surface area contributed by atoms with Crippen LogP contribution in [-0.2, 0) is 6.54 Å². The van der Waals surface area contributed by atoms with Crippen molar-refractivity contribution < 1.29 is 0 Å². The van der Waals surface area contributed by atoms with E-state index in [1.807, 2.05) is 5.38 Å². The minimum absolute atomic E-state index is 0.523. The molecule has 0 aliphatic carbocycles. The molecule has 0 atom stereocenters. The fourth-order valence-corrected chi connectivity index (χ4v) is 2.20. The third-order valence-corrected chi connectivity index (χ3v) is 3.46. The van der Waals surface area contributed by atoms with Gasteiger partial charge in [-0.3, -0.25) is 0 Å². The predicted molar refractivity (Wildman–Crippen MR) is 68.2 cm³/mol. The Kier molecular flexibility index (Phi) is 3.15. The molecular formula is C10H9IN2S. The lowest BCUT2D eigenvalue weighted by Crippen LogP contribution is -1.94. The Morgan fingerprint density at radius 2 is 2.00 bits per heavy atom. The van der Waals surface area contributed by atoms with E-state index in [9.17, 15) is 0 Å². The SMILES string of the molecule is NCc1nc(-c2ccc(I)cc2)cs1. The highest BCUT2D eigenvalue weighted by molar-refractivity contribution is 14.1. The highest BCUT2D eigenvalue weighted by Gasteiger charge is 2.02. The van der Waals surface area contributed by atoms with Crippen LogP contribution in [0.25, 0.3) is 11.3 Å². The van der Waals surface area contributed by atoms with E-state index >= 15 is 0 Å². The number of benzene rings is 1. The third-order valence-electron chi connectivity index (χ3n) is 1.87. The maximum Gasteiger partial charge on any atom is 0.107 e. The molecular weight excluding hydrogens is 307 g/mol. The quantitative estimate of drug-likeness (QED) is 0.865. The van der Waals surface area contributed by atoms with E-state index < -0.39 is 0 Å². The molecule has 14 heavy (non-hydrogen) atoms. The number of halogens is 1. The van der Waals surface area contributed by atoms with Gasteiger partial charge in [0.25, 0.3) is 0 Å². The van der Waals surface area contributed by atoms with Gasteiger partial charge in [-0.25, -0.2) is 4.98 Å². The fraction of sp³-hybridized carbons (Fsp3) is 0.100. The molecule has 0 bridgehead atoms. The molecule has 1 aromatic heterocycles. The second-order valence-electron chi connectivity index (χ2n) is 2.84. The van der Waals surface area contributed by atoms with Crippen LogP contribution < -0.4 is 5.73 Å². The molecule has 1 aromatic carbocycles. The van der Waals surface area contributed by atoms with Gasteiger partial charge in [0, 0.05) is 21.1 Å². The van der Waals surface area contributed by atoms with Gasteiger partial charge in [-0.2, -0.15) is 0 Å². The van der Waals surface area contributed by atoms with Gasteiger partial charge in [-0.05, 0) is 34.7 Å². The van der Waals surface area contributed by atoms with Crippen molar-refractivity contribution in [3.8, 4) is 11.3 Å². The molecule has 2 N–H and O–H groups in total. The monoisotopic (exact) mass is 316 g/mol. The average molecular weight is 316 g/mol. The van der Waals surface area contributed by atoms with E-state index in [-0.39, 0.29) is 0 Å². The van der Waals surface area contributed by atoms with Crippen molar-refractivity contribution in [3.63, 3.8) is 0 Å². The fourth-order valence-electron chi connectivity index (χ4n) is 1.16. The lowest BCUT2D eigenvalue weighted by molar-refractivity contribution is 1.04. The maximum atomic E-state index is 5.51. The average Bonchev–Trinajstić information content (AvgIpc) is 2.67. The minimum Gasteiger partial charge on any atom is -0.325 e. The Bertz CT molecular complexity index is 422. The number of nitrogens with two attached hydrogens (primary N) is 1. The van der Waals surface area contributed by atoms with Crippen molar-refractivity contribution in [2.24, 2.45) is 5.73 Å². The zero-order chi connectivity index (χ0) is 9.97. The van der Waals surface area contributed by atoms with Crippen molar-refractivity contribution >= 4 is 33.9 Å². The molecule has 0 aliphatic heterocycles. The summed E-state index contributed by atoms with van der Waals surface area (Å²) in [7, 11) is 0. The first kappa shape index (κ1) is 10.1. The number of hydrogen-bond donors (Lipinski definition) is 1. The van der Waals surface area contributed by atoms with E-state index in [2.05, 4.69) is 51.8 Å². The first-order valence-corrected chi connectivity index (χ1v) is 6.16. The van der Waals surface area contributed by atoms with Crippen LogP contribution in [0.2, 0.25) is 0 Å². The molecule has 0 amide bonds. The smallest absolute Gasteiger partial charge is 0.107 e. The Hall–Kier alpha value is -0.460. The number of aromatic nitrogens is 1. The van der Waals surface area contributed by atoms with Crippen LogP contribution in [0.15, 0.2) is 29.6 Å². The number of thiazole rings is 1. The van der Waals surface area contributed by atoms with Crippen LogP contribution in [0.5, 0.6) is 0 Å². The standard InChI is InChI=1S/C10H9IN2S/c11-8-3-1-7(2-4-8)9-6-14-10(5-12)13-9/h1-4,6H,5,12H2. The van der Waals surface area contributed by atoms with Crippen molar-refractivity contribution in [2.75, 3.05) is 0 Å². The molecule has 0 saturated heterocycles. The largest absolute Gasteiger partial charge is 0.325 e. The van der Waals surface area contributed by atoms with Crippen LogP contribution in [0.4, 0.5) is 0 Å². The van der Waals surface area contributed by atoms with Gasteiger partial charge in [-0.1, -0.05) is 12.1 Å². The highest BCUT2D eigenvalue weighted by atomic mass is 127. The van der Waals surface area contributed by atoms with Crippen LogP contribution >= 0.6 is 33.9 Å². The van der Waals surface area contributed by atoms with Crippen LogP contribution in [0.3, 0.4) is 0 Å². The van der Waals surface area contributed by atoms with Gasteiger partial charge in [0.2, 0.25) is 0 Å². The lowest BCUT2D eigenvalue weighted by atomic mass is 10.2. The topological polar surface area (TPSA) is 38.9 Å². The van der Waals surface area contributed by atoms with Crippen molar-refractivity contribution in [2.45, 2.75) is 6.54 Å². The first-order chi connectivity index (χ1) is 6.79. The summed E-state index contributed by atoms with van der Waals surface area (Å²) in [5.41, 5.74) is 7.69. The molecule has 2 rings (SSSR count). The van der Waals surface area contributed by atoms with Crippen LogP contribution in [0, 0.1) is 3.57 Å². The van der Waals surface area contributed by atoms with Gasteiger partial charge in [0.15, 0.2) is 0 Å². The molecule has 4 heteroatoms. The summed E-state index contributed by atoms with van der Waals surface area (Å²) < 4.78 is 1.24. The van der Waals surface area contributed by atoms with E-state index in [0.717, 1.165) is 16.3 Å². The molecule has 0 fully saturated rings. The molecule has 72 valence electrons. The van der Waals surface area contributed by atoms with Crippen LogP contribution in [0.1, 0.15) is 5.01 Å². The normalized spacial score (nSPS) is 10.4. The van der Waals surface area contributed by atoms with Gasteiger partial charge in [0.05, 0.1) is 5.69 Å². The lowest BCUT2D eigenvalue weighted by Gasteiger charge is -1.95. The Balaban J connectivity index is 2.34. The zero-order valence-corrected chi connectivity index (χ0v) is 10.4. The number of hydrogen-bond acceptors (Lipinski definition) is 3. The Morgan fingerprint density at radius 3 is 2.57 bits per heavy atom. The van der Waals surface area contributed by atoms with E-state index in [1.165, 1.54) is 3.57 Å². The predicted octanol–water partition coefficient (Wildman–Crippen LogP) is 2.87. The maximum absolute atomic E-state index is 5.51. The molecule has 0 saturated carbocycles. The summed E-state index contributed by atoms with van der Waals surface area (Å²) in [6.07, 6.45) is 0. The van der Waals surface area contributed by atoms with Gasteiger partial charge < -0.3 is 5.73 Å². The molecule has 2 aromatic rings. The molecule has 0 spiro atoms. The highest BCUT2D eigenvalue weighted by Crippen LogP contribution is 2.22. The number of rotatable bonds is 2. The molecule has 1 heterocycles. The van der Waals surface area contributed by atoms with Crippen molar-refractivity contribution in [1.29, 1.82) is 0 Å². The van der Waals surface area contributed by atoms with E-state index in [1.54, 1.807) is 11.3 Å². The summed E-state index contributed by atoms with van der Waals surface area (Å²) in [5, 5.41) is 3.03. The van der Waals surface area contributed by atoms with Crippen molar-refractivity contribution in [3.05, 3.63) is 38.2 Å². The number of nitrogens with zero attached hydrogens (tertiary/aromatic N) is 1. The summed E-state index contributed by atoms with van der Waals surface area (Å²) in [6.45, 7) is 0.523. The Labute approximate surface area is 100 Å². The second kappa shape index (κ2) is 4.37. The molecule has 0 unspecified atom stereocenters. The van der Waals surface area contributed by atoms with Gasteiger partial charge in [-0.15, -0.1) is 11.3 Å². The van der Waals surface area contributed by atoms with Crippen molar-refractivity contribution in [1.82, 2.24) is 4.98 Å². The first-order valence-electron chi connectivity index (χ1n) is 4.20. The molecule has 0 radical (unpaired) electrons. The summed E-state index contributed by atoms with van der Waals surface area (Å²) in [5.74, 6) is 0. The third kappa shape index (κ3) is 2.13. The minimum atomic E-state index is 0.523. The van der Waals surface area contributed by atoms with E-state index in [0.29, 0.717) is 6.54 Å². The van der Waals surface area contributed by atoms with Crippen LogP contribution in [-0.4, -0.2) is 4.98 Å². The second-order valence-corrected chi connectivity index (χ2v) is 5.03. The molecule has 2 nitrogen and oxygen atoms in total. The van der Waals surface area contributed by atoms with E-state index in [4.69, 9.17) is 5.73 Å². The van der Waals surface area contributed by atoms with Gasteiger partial charge >= 0.3 is 0 Å².